The minimum atomic E-state index is -0.474. The van der Waals surface area contributed by atoms with Crippen LogP contribution in [-0.2, 0) is 9.47 Å². The number of aromatic nitrogens is 3. The van der Waals surface area contributed by atoms with E-state index < -0.39 is 4.92 Å². The number of pyridine rings is 1. The number of anilines is 3. The number of fused-ring (bicyclic) bond motifs is 1. The second-order valence-corrected chi connectivity index (χ2v) is 6.57. The average Bonchev–Trinajstić information content (AvgIpc) is 2.73. The Bertz CT molecular complexity index is 1020. The molecule has 1 N–H and O–H groups in total. The van der Waals surface area contributed by atoms with Crippen molar-refractivity contribution in [3.05, 3.63) is 52.5 Å². The van der Waals surface area contributed by atoms with Crippen molar-refractivity contribution in [3.8, 4) is 0 Å². The maximum atomic E-state index is 12.0. The Balaban J connectivity index is 2.03. The van der Waals surface area contributed by atoms with Crippen LogP contribution in [0.3, 0.4) is 0 Å². The van der Waals surface area contributed by atoms with Crippen molar-refractivity contribution in [2.45, 2.75) is 6.92 Å². The first-order valence-corrected chi connectivity index (χ1v) is 9.40. The van der Waals surface area contributed by atoms with Gasteiger partial charge in [0, 0.05) is 44.1 Å². The van der Waals surface area contributed by atoms with Crippen molar-refractivity contribution in [3.63, 3.8) is 0 Å². The number of nitro groups is 1. The smallest absolute Gasteiger partial charge is 0.353 e. The monoisotopic (exact) mass is 412 g/mol. The quantitative estimate of drug-likeness (QED) is 0.396. The summed E-state index contributed by atoms with van der Waals surface area (Å²) in [5.41, 5.74) is 2.15. The SMILES string of the molecule is COCCN(CCOC)c1ncnc(Nc2cccc3nc(C)ccc23)c1[N+](=O)[O-]. The second kappa shape index (κ2) is 9.90. The number of nitrogens with one attached hydrogen (secondary N) is 1. The van der Waals surface area contributed by atoms with E-state index in [0.717, 1.165) is 16.6 Å². The first-order valence-electron chi connectivity index (χ1n) is 9.40. The molecule has 3 rings (SSSR count). The number of hydrogen-bond donors (Lipinski definition) is 1. The highest BCUT2D eigenvalue weighted by molar-refractivity contribution is 5.94. The van der Waals surface area contributed by atoms with Crippen LogP contribution in [0.15, 0.2) is 36.7 Å². The lowest BCUT2D eigenvalue weighted by molar-refractivity contribution is -0.383. The van der Waals surface area contributed by atoms with Gasteiger partial charge in [-0.15, -0.1) is 0 Å². The highest BCUT2D eigenvalue weighted by Gasteiger charge is 2.27. The summed E-state index contributed by atoms with van der Waals surface area (Å²) in [6, 6.07) is 9.39. The Kier molecular flexibility index (Phi) is 7.04. The van der Waals surface area contributed by atoms with Crippen molar-refractivity contribution >= 4 is 33.9 Å². The van der Waals surface area contributed by atoms with Crippen molar-refractivity contribution in [2.75, 3.05) is 50.7 Å². The minimum absolute atomic E-state index is 0.109. The van der Waals surface area contributed by atoms with Crippen LogP contribution < -0.4 is 10.2 Å². The molecule has 0 radical (unpaired) electrons. The fourth-order valence-electron chi connectivity index (χ4n) is 3.08. The lowest BCUT2D eigenvalue weighted by Crippen LogP contribution is -2.32. The third-order valence-corrected chi connectivity index (χ3v) is 4.54. The zero-order chi connectivity index (χ0) is 21.5. The molecule has 0 saturated carbocycles. The first-order chi connectivity index (χ1) is 14.5. The molecule has 0 spiro atoms. The maximum absolute atomic E-state index is 12.0. The Labute approximate surface area is 174 Å². The molecule has 0 atom stereocenters. The molecule has 2 aromatic heterocycles. The number of nitrogens with zero attached hydrogens (tertiary/aromatic N) is 5. The third-order valence-electron chi connectivity index (χ3n) is 4.54. The van der Waals surface area contributed by atoms with Crippen LogP contribution in [0.4, 0.5) is 23.0 Å². The summed E-state index contributed by atoms with van der Waals surface area (Å²) in [6.07, 6.45) is 1.31. The average molecular weight is 412 g/mol. The van der Waals surface area contributed by atoms with Crippen molar-refractivity contribution in [2.24, 2.45) is 0 Å². The van der Waals surface area contributed by atoms with E-state index in [1.165, 1.54) is 6.33 Å². The fourth-order valence-corrected chi connectivity index (χ4v) is 3.08. The van der Waals surface area contributed by atoms with Gasteiger partial charge in [-0.3, -0.25) is 15.1 Å². The predicted molar refractivity (Wildman–Crippen MR) is 114 cm³/mol. The molecule has 2 heterocycles. The molecule has 0 amide bonds. The molecule has 158 valence electrons. The summed E-state index contributed by atoms with van der Waals surface area (Å²) in [4.78, 5) is 26.1. The lowest BCUT2D eigenvalue weighted by Gasteiger charge is -2.23. The minimum Gasteiger partial charge on any atom is -0.383 e. The Hall–Kier alpha value is -3.37. The number of methoxy groups -OCH3 is 2. The summed E-state index contributed by atoms with van der Waals surface area (Å²) in [7, 11) is 3.15. The van der Waals surface area contributed by atoms with E-state index in [4.69, 9.17) is 9.47 Å². The standard InChI is InChI=1S/C20H24N6O4/c1-14-7-8-15-16(23-14)5-4-6-17(15)24-19-18(26(27)28)20(22-13-21-19)25(9-11-29-2)10-12-30-3/h4-8,13H,9-12H2,1-3H3,(H,21,22,24). The van der Waals surface area contributed by atoms with E-state index in [0.29, 0.717) is 32.0 Å². The van der Waals surface area contributed by atoms with Gasteiger partial charge >= 0.3 is 5.69 Å². The molecule has 10 nitrogen and oxygen atoms in total. The van der Waals surface area contributed by atoms with Gasteiger partial charge in [0.2, 0.25) is 11.6 Å². The molecule has 3 aromatic rings. The summed E-state index contributed by atoms with van der Waals surface area (Å²) in [5, 5.41) is 15.9. The van der Waals surface area contributed by atoms with E-state index in [2.05, 4.69) is 20.3 Å². The van der Waals surface area contributed by atoms with Crippen LogP contribution in [0.25, 0.3) is 10.9 Å². The normalized spacial score (nSPS) is 10.9. The lowest BCUT2D eigenvalue weighted by atomic mass is 10.1. The summed E-state index contributed by atoms with van der Waals surface area (Å²) >= 11 is 0. The number of rotatable bonds is 10. The molecular formula is C20H24N6O4. The maximum Gasteiger partial charge on any atom is 0.353 e. The summed E-state index contributed by atoms with van der Waals surface area (Å²) in [6.45, 7) is 3.54. The van der Waals surface area contributed by atoms with Gasteiger partial charge in [0.15, 0.2) is 0 Å². The summed E-state index contributed by atoms with van der Waals surface area (Å²) < 4.78 is 10.3. The Morgan fingerprint density at radius 1 is 1.10 bits per heavy atom. The third kappa shape index (κ3) is 4.78. The van der Waals surface area contributed by atoms with Gasteiger partial charge in [0.25, 0.3) is 0 Å². The van der Waals surface area contributed by atoms with Crippen LogP contribution in [0.2, 0.25) is 0 Å². The number of aryl methyl sites for hydroxylation is 1. The van der Waals surface area contributed by atoms with Crippen LogP contribution in [0, 0.1) is 17.0 Å². The van der Waals surface area contributed by atoms with Gasteiger partial charge in [-0.25, -0.2) is 9.97 Å². The van der Waals surface area contributed by atoms with Gasteiger partial charge in [-0.05, 0) is 31.2 Å². The van der Waals surface area contributed by atoms with Crippen molar-refractivity contribution in [1.29, 1.82) is 0 Å². The molecule has 0 aliphatic rings. The van der Waals surface area contributed by atoms with Gasteiger partial charge in [-0.1, -0.05) is 6.07 Å². The zero-order valence-corrected chi connectivity index (χ0v) is 17.2. The number of ether oxygens (including phenoxy) is 2. The Morgan fingerprint density at radius 3 is 2.50 bits per heavy atom. The topological polar surface area (TPSA) is 116 Å². The summed E-state index contributed by atoms with van der Waals surface area (Å²) in [5.74, 6) is 0.318. The van der Waals surface area contributed by atoms with Gasteiger partial charge in [0.05, 0.1) is 23.7 Å². The Morgan fingerprint density at radius 2 is 1.83 bits per heavy atom. The molecule has 10 heteroatoms. The van der Waals surface area contributed by atoms with Crippen molar-refractivity contribution in [1.82, 2.24) is 15.0 Å². The van der Waals surface area contributed by atoms with Gasteiger partial charge in [0.1, 0.15) is 6.33 Å². The van der Waals surface area contributed by atoms with E-state index in [9.17, 15) is 10.1 Å². The zero-order valence-electron chi connectivity index (χ0n) is 17.2. The molecule has 0 bridgehead atoms. The van der Waals surface area contributed by atoms with Crippen LogP contribution in [0.5, 0.6) is 0 Å². The molecule has 0 unspecified atom stereocenters. The fraction of sp³-hybridized carbons (Fsp3) is 0.350. The largest absolute Gasteiger partial charge is 0.383 e. The van der Waals surface area contributed by atoms with Crippen LogP contribution >= 0.6 is 0 Å². The molecule has 30 heavy (non-hydrogen) atoms. The van der Waals surface area contributed by atoms with Crippen molar-refractivity contribution < 1.29 is 14.4 Å². The van der Waals surface area contributed by atoms with E-state index in [1.54, 1.807) is 19.1 Å². The number of benzene rings is 1. The van der Waals surface area contributed by atoms with E-state index in [1.807, 2.05) is 37.3 Å². The van der Waals surface area contributed by atoms with Crippen LogP contribution in [-0.4, -0.2) is 60.4 Å². The first kappa shape index (κ1) is 21.3. The van der Waals surface area contributed by atoms with E-state index in [-0.39, 0.29) is 17.3 Å². The van der Waals surface area contributed by atoms with Gasteiger partial charge in [-0.2, -0.15) is 0 Å². The second-order valence-electron chi connectivity index (χ2n) is 6.57. The van der Waals surface area contributed by atoms with E-state index >= 15 is 0 Å². The molecule has 0 fully saturated rings. The predicted octanol–water partition coefficient (Wildman–Crippen LogP) is 3.08. The highest BCUT2D eigenvalue weighted by Crippen LogP contribution is 2.35. The van der Waals surface area contributed by atoms with Crippen LogP contribution in [0.1, 0.15) is 5.69 Å². The highest BCUT2D eigenvalue weighted by atomic mass is 16.6. The molecule has 0 saturated heterocycles. The molecule has 0 aliphatic heterocycles. The molecule has 1 aromatic carbocycles. The number of hydrogen-bond acceptors (Lipinski definition) is 9. The molecular weight excluding hydrogens is 388 g/mol. The molecule has 0 aliphatic carbocycles. The van der Waals surface area contributed by atoms with Gasteiger partial charge < -0.3 is 19.7 Å².